The first kappa shape index (κ1) is 11.9. The van der Waals surface area contributed by atoms with E-state index in [1.807, 2.05) is 7.05 Å². The van der Waals surface area contributed by atoms with Gasteiger partial charge in [-0.1, -0.05) is 19.8 Å². The van der Waals surface area contributed by atoms with Gasteiger partial charge in [0.1, 0.15) is 5.54 Å². The minimum absolute atomic E-state index is 0.280. The summed E-state index contributed by atoms with van der Waals surface area (Å²) in [6.45, 7) is 3.08. The van der Waals surface area contributed by atoms with E-state index >= 15 is 0 Å². The van der Waals surface area contributed by atoms with Crippen molar-refractivity contribution in [1.29, 1.82) is 0 Å². The average molecular weight is 225 g/mol. The number of carboxylic acid groups (broad SMARTS) is 1. The lowest BCUT2D eigenvalue weighted by molar-refractivity contribution is -0.157. The monoisotopic (exact) mass is 225 g/mol. The van der Waals surface area contributed by atoms with Gasteiger partial charge in [0, 0.05) is 6.54 Å². The van der Waals surface area contributed by atoms with E-state index in [4.69, 9.17) is 0 Å². The summed E-state index contributed by atoms with van der Waals surface area (Å²) in [4.78, 5) is 13.8. The van der Waals surface area contributed by atoms with Gasteiger partial charge in [-0.3, -0.25) is 9.69 Å². The lowest BCUT2D eigenvalue weighted by Gasteiger charge is -2.45. The fourth-order valence-corrected chi connectivity index (χ4v) is 3.23. The number of aliphatic carboxylic acids is 1. The Morgan fingerprint density at radius 1 is 1.38 bits per heavy atom. The van der Waals surface area contributed by atoms with Crippen molar-refractivity contribution in [2.45, 2.75) is 51.0 Å². The molecule has 2 atom stereocenters. The van der Waals surface area contributed by atoms with Crippen LogP contribution in [0.15, 0.2) is 0 Å². The summed E-state index contributed by atoms with van der Waals surface area (Å²) in [5.74, 6) is 0.431. The highest BCUT2D eigenvalue weighted by Gasteiger charge is 2.49. The number of carbonyl (C=O) groups is 1. The van der Waals surface area contributed by atoms with Crippen LogP contribution in [0.3, 0.4) is 0 Å². The van der Waals surface area contributed by atoms with Gasteiger partial charge in [-0.2, -0.15) is 0 Å². The molecule has 0 aromatic heterocycles. The van der Waals surface area contributed by atoms with Crippen LogP contribution in [0.5, 0.6) is 0 Å². The fourth-order valence-electron chi connectivity index (χ4n) is 3.23. The van der Waals surface area contributed by atoms with Crippen LogP contribution in [0.4, 0.5) is 0 Å². The number of likely N-dealkylation sites (N-methyl/N-ethyl adjacent to an activating group) is 1. The summed E-state index contributed by atoms with van der Waals surface area (Å²) in [5, 5.41) is 9.62. The molecule has 2 aliphatic carbocycles. The van der Waals surface area contributed by atoms with Gasteiger partial charge in [0.25, 0.3) is 0 Å². The first-order valence-electron chi connectivity index (χ1n) is 6.52. The first-order chi connectivity index (χ1) is 7.57. The molecule has 1 N–H and O–H groups in total. The Morgan fingerprint density at radius 2 is 2.06 bits per heavy atom. The Bertz CT molecular complexity index is 275. The predicted molar refractivity (Wildman–Crippen MR) is 63.4 cm³/mol. The fraction of sp³-hybridized carbons (Fsp3) is 0.923. The third-order valence-electron chi connectivity index (χ3n) is 4.54. The highest BCUT2D eigenvalue weighted by molar-refractivity contribution is 5.79. The van der Waals surface area contributed by atoms with Gasteiger partial charge in [0.15, 0.2) is 0 Å². The van der Waals surface area contributed by atoms with Crippen LogP contribution in [-0.2, 0) is 4.79 Å². The highest BCUT2D eigenvalue weighted by Crippen LogP contribution is 2.40. The Kier molecular flexibility index (Phi) is 3.24. The smallest absolute Gasteiger partial charge is 0.324 e. The van der Waals surface area contributed by atoms with E-state index in [1.54, 1.807) is 0 Å². The molecule has 0 amide bonds. The van der Waals surface area contributed by atoms with Crippen molar-refractivity contribution in [3.63, 3.8) is 0 Å². The zero-order valence-corrected chi connectivity index (χ0v) is 10.4. The summed E-state index contributed by atoms with van der Waals surface area (Å²) >= 11 is 0. The number of hydrogen-bond donors (Lipinski definition) is 1. The van der Waals surface area contributed by atoms with Crippen molar-refractivity contribution in [2.75, 3.05) is 13.6 Å². The van der Waals surface area contributed by atoms with Crippen LogP contribution in [0, 0.1) is 11.8 Å². The molecule has 16 heavy (non-hydrogen) atoms. The molecule has 0 aliphatic heterocycles. The number of rotatable bonds is 4. The molecule has 3 nitrogen and oxygen atoms in total. The molecule has 0 spiro atoms. The van der Waals surface area contributed by atoms with Crippen LogP contribution in [0.25, 0.3) is 0 Å². The van der Waals surface area contributed by atoms with Crippen LogP contribution in [0.1, 0.15) is 45.4 Å². The maximum atomic E-state index is 11.7. The molecule has 2 fully saturated rings. The summed E-state index contributed by atoms with van der Waals surface area (Å²) < 4.78 is 0. The van der Waals surface area contributed by atoms with Gasteiger partial charge in [0.2, 0.25) is 0 Å². The normalized spacial score (nSPS) is 35.3. The third kappa shape index (κ3) is 1.97. The van der Waals surface area contributed by atoms with Gasteiger partial charge in [-0.05, 0) is 44.6 Å². The molecule has 0 heterocycles. The number of carboxylic acids is 1. The van der Waals surface area contributed by atoms with Crippen molar-refractivity contribution >= 4 is 5.97 Å². The molecule has 0 saturated heterocycles. The van der Waals surface area contributed by atoms with E-state index in [0.29, 0.717) is 0 Å². The molecular formula is C13H23NO2. The van der Waals surface area contributed by atoms with E-state index in [-0.39, 0.29) is 5.92 Å². The predicted octanol–water partition coefficient (Wildman–Crippen LogP) is 2.36. The quantitative estimate of drug-likeness (QED) is 0.798. The second-order valence-electron chi connectivity index (χ2n) is 5.70. The Hall–Kier alpha value is -0.570. The van der Waals surface area contributed by atoms with Gasteiger partial charge in [0.05, 0.1) is 0 Å². The second kappa shape index (κ2) is 4.36. The summed E-state index contributed by atoms with van der Waals surface area (Å²) in [6, 6.07) is 0. The molecular weight excluding hydrogens is 202 g/mol. The minimum atomic E-state index is -0.608. The maximum absolute atomic E-state index is 11.7. The van der Waals surface area contributed by atoms with Crippen LogP contribution < -0.4 is 0 Å². The van der Waals surface area contributed by atoms with E-state index in [9.17, 15) is 9.90 Å². The van der Waals surface area contributed by atoms with Crippen LogP contribution in [0.2, 0.25) is 0 Å². The van der Waals surface area contributed by atoms with Crippen LogP contribution in [-0.4, -0.2) is 35.1 Å². The Morgan fingerprint density at radius 3 is 2.56 bits per heavy atom. The lowest BCUT2D eigenvalue weighted by Crippen LogP contribution is -2.59. The zero-order valence-electron chi connectivity index (χ0n) is 10.4. The molecule has 2 unspecified atom stereocenters. The molecule has 2 rings (SSSR count). The van der Waals surface area contributed by atoms with Gasteiger partial charge >= 0.3 is 5.97 Å². The van der Waals surface area contributed by atoms with E-state index < -0.39 is 11.5 Å². The van der Waals surface area contributed by atoms with Gasteiger partial charge in [-0.15, -0.1) is 0 Å². The summed E-state index contributed by atoms with van der Waals surface area (Å²) in [7, 11) is 2.01. The largest absolute Gasteiger partial charge is 0.480 e. The van der Waals surface area contributed by atoms with E-state index in [2.05, 4.69) is 11.8 Å². The van der Waals surface area contributed by atoms with Gasteiger partial charge in [-0.25, -0.2) is 0 Å². The molecule has 0 bridgehead atoms. The highest BCUT2D eigenvalue weighted by atomic mass is 16.4. The molecule has 0 radical (unpaired) electrons. The first-order valence-corrected chi connectivity index (χ1v) is 6.52. The van der Waals surface area contributed by atoms with Crippen molar-refractivity contribution < 1.29 is 9.90 Å². The number of hydrogen-bond acceptors (Lipinski definition) is 2. The maximum Gasteiger partial charge on any atom is 0.324 e. The Labute approximate surface area is 97.8 Å². The van der Waals surface area contributed by atoms with E-state index in [1.165, 1.54) is 19.3 Å². The number of nitrogens with zero attached hydrogens (tertiary/aromatic N) is 1. The third-order valence-corrected chi connectivity index (χ3v) is 4.54. The molecule has 0 aromatic carbocycles. The lowest BCUT2D eigenvalue weighted by atomic mass is 9.72. The second-order valence-corrected chi connectivity index (χ2v) is 5.70. The van der Waals surface area contributed by atoms with Crippen molar-refractivity contribution in [2.24, 2.45) is 11.8 Å². The van der Waals surface area contributed by atoms with Crippen molar-refractivity contribution in [3.05, 3.63) is 0 Å². The van der Waals surface area contributed by atoms with Gasteiger partial charge < -0.3 is 5.11 Å². The summed E-state index contributed by atoms with van der Waals surface area (Å²) in [6.07, 6.45) is 6.70. The topological polar surface area (TPSA) is 40.5 Å². The standard InChI is InChI=1S/C13H23NO2/c1-10-5-3-4-8-13(10,12(15)16)14(2)9-11-6-7-11/h10-11H,3-9H2,1-2H3,(H,15,16). The summed E-state index contributed by atoms with van der Waals surface area (Å²) in [5.41, 5.74) is -0.582. The average Bonchev–Trinajstić information content (AvgIpc) is 3.02. The molecule has 3 heteroatoms. The minimum Gasteiger partial charge on any atom is -0.480 e. The van der Waals surface area contributed by atoms with E-state index in [0.717, 1.165) is 31.7 Å². The molecule has 2 saturated carbocycles. The zero-order chi connectivity index (χ0) is 11.8. The van der Waals surface area contributed by atoms with Crippen LogP contribution >= 0.6 is 0 Å². The molecule has 92 valence electrons. The van der Waals surface area contributed by atoms with Crippen molar-refractivity contribution in [3.8, 4) is 0 Å². The van der Waals surface area contributed by atoms with Crippen molar-refractivity contribution in [1.82, 2.24) is 4.90 Å². The Balaban J connectivity index is 2.14. The molecule has 2 aliphatic rings. The SMILES string of the molecule is CC1CCCCC1(C(=O)O)N(C)CC1CC1. The molecule has 0 aromatic rings.